The second kappa shape index (κ2) is 5.50. The summed E-state index contributed by atoms with van der Waals surface area (Å²) >= 11 is 0. The molecule has 3 aliphatic rings. The van der Waals surface area contributed by atoms with E-state index in [0.29, 0.717) is 0 Å². The first kappa shape index (κ1) is 12.9. The van der Waals surface area contributed by atoms with Crippen molar-refractivity contribution in [3.63, 3.8) is 0 Å². The van der Waals surface area contributed by atoms with Gasteiger partial charge in [-0.2, -0.15) is 0 Å². The minimum absolute atomic E-state index is 0.853. The Kier molecular flexibility index (Phi) is 3.95. The zero-order valence-corrected chi connectivity index (χ0v) is 12.3. The van der Waals surface area contributed by atoms with Gasteiger partial charge in [-0.05, 0) is 44.6 Å². The largest absolute Gasteiger partial charge is 0.298 e. The fourth-order valence-corrected chi connectivity index (χ4v) is 4.36. The van der Waals surface area contributed by atoms with Gasteiger partial charge in [-0.15, -0.1) is 0 Å². The van der Waals surface area contributed by atoms with Crippen LogP contribution < -0.4 is 0 Å². The van der Waals surface area contributed by atoms with Crippen molar-refractivity contribution >= 4 is 0 Å². The highest BCUT2D eigenvalue weighted by Crippen LogP contribution is 2.42. The van der Waals surface area contributed by atoms with E-state index in [1.165, 1.54) is 64.6 Å². The molecule has 0 radical (unpaired) electrons. The Morgan fingerprint density at radius 1 is 1.11 bits per heavy atom. The molecular weight excluding hydrogens is 220 g/mol. The Balaban J connectivity index is 1.62. The van der Waals surface area contributed by atoms with Crippen molar-refractivity contribution in [2.24, 2.45) is 5.92 Å². The summed E-state index contributed by atoms with van der Waals surface area (Å²) in [6, 6.07) is 2.70. The van der Waals surface area contributed by atoms with E-state index < -0.39 is 0 Å². The van der Waals surface area contributed by atoms with E-state index in [1.54, 1.807) is 0 Å². The lowest BCUT2D eigenvalue weighted by molar-refractivity contribution is 0.000359. The van der Waals surface area contributed by atoms with Crippen molar-refractivity contribution < 1.29 is 0 Å². The van der Waals surface area contributed by atoms with E-state index >= 15 is 0 Å². The maximum absolute atomic E-state index is 2.91. The normalized spacial score (nSPS) is 41.7. The SMILES string of the molecule is CCCC1CC1N1CC2CCCCN2CC1CC. The van der Waals surface area contributed by atoms with Crippen LogP contribution in [0.2, 0.25) is 0 Å². The zero-order chi connectivity index (χ0) is 12.5. The van der Waals surface area contributed by atoms with Crippen LogP contribution in [0.3, 0.4) is 0 Å². The summed E-state index contributed by atoms with van der Waals surface area (Å²) in [5, 5.41) is 0. The second-order valence-corrected chi connectivity index (χ2v) is 6.76. The van der Waals surface area contributed by atoms with E-state index in [-0.39, 0.29) is 0 Å². The van der Waals surface area contributed by atoms with Gasteiger partial charge in [-0.1, -0.05) is 26.7 Å². The third-order valence-corrected chi connectivity index (χ3v) is 5.53. The third-order valence-electron chi connectivity index (χ3n) is 5.53. The first-order chi connectivity index (χ1) is 8.83. The van der Waals surface area contributed by atoms with Gasteiger partial charge in [0.05, 0.1) is 0 Å². The molecule has 2 heterocycles. The van der Waals surface area contributed by atoms with Gasteiger partial charge in [0.1, 0.15) is 0 Å². The molecule has 2 aliphatic heterocycles. The van der Waals surface area contributed by atoms with Crippen molar-refractivity contribution in [2.45, 2.75) is 76.9 Å². The molecule has 4 unspecified atom stereocenters. The minimum Gasteiger partial charge on any atom is -0.298 e. The number of hydrogen-bond donors (Lipinski definition) is 0. The summed E-state index contributed by atoms with van der Waals surface area (Å²) in [4.78, 5) is 5.71. The van der Waals surface area contributed by atoms with E-state index in [9.17, 15) is 0 Å². The molecule has 2 saturated heterocycles. The smallest absolute Gasteiger partial charge is 0.0224 e. The van der Waals surface area contributed by atoms with Crippen LogP contribution in [0.5, 0.6) is 0 Å². The van der Waals surface area contributed by atoms with Crippen LogP contribution in [0.15, 0.2) is 0 Å². The molecule has 104 valence electrons. The van der Waals surface area contributed by atoms with Gasteiger partial charge in [-0.25, -0.2) is 0 Å². The Hall–Kier alpha value is -0.0800. The van der Waals surface area contributed by atoms with Gasteiger partial charge >= 0.3 is 0 Å². The van der Waals surface area contributed by atoms with Crippen LogP contribution in [0, 0.1) is 5.92 Å². The summed E-state index contributed by atoms with van der Waals surface area (Å²) < 4.78 is 0. The molecule has 1 saturated carbocycles. The molecule has 2 nitrogen and oxygen atoms in total. The summed E-state index contributed by atoms with van der Waals surface area (Å²) in [5.74, 6) is 1.04. The molecular formula is C16H30N2. The maximum atomic E-state index is 2.91. The fraction of sp³-hybridized carbons (Fsp3) is 1.00. The summed E-state index contributed by atoms with van der Waals surface area (Å²) in [6.07, 6.45) is 10.0. The Bertz CT molecular complexity index is 278. The Morgan fingerprint density at radius 2 is 2.00 bits per heavy atom. The van der Waals surface area contributed by atoms with E-state index in [4.69, 9.17) is 0 Å². The van der Waals surface area contributed by atoms with Crippen molar-refractivity contribution in [1.29, 1.82) is 0 Å². The van der Waals surface area contributed by atoms with Crippen LogP contribution in [-0.2, 0) is 0 Å². The predicted octanol–water partition coefficient (Wildman–Crippen LogP) is 3.12. The van der Waals surface area contributed by atoms with Gasteiger partial charge in [0.25, 0.3) is 0 Å². The van der Waals surface area contributed by atoms with Crippen LogP contribution in [0.4, 0.5) is 0 Å². The van der Waals surface area contributed by atoms with E-state index in [0.717, 1.165) is 24.0 Å². The van der Waals surface area contributed by atoms with Gasteiger partial charge < -0.3 is 0 Å². The van der Waals surface area contributed by atoms with Crippen molar-refractivity contribution in [2.75, 3.05) is 19.6 Å². The quantitative estimate of drug-likeness (QED) is 0.756. The van der Waals surface area contributed by atoms with Crippen LogP contribution in [0.1, 0.15) is 58.8 Å². The lowest BCUT2D eigenvalue weighted by Gasteiger charge is -2.48. The van der Waals surface area contributed by atoms with Gasteiger partial charge in [-0.3, -0.25) is 9.80 Å². The molecule has 3 rings (SSSR count). The van der Waals surface area contributed by atoms with Crippen molar-refractivity contribution in [3.8, 4) is 0 Å². The Labute approximate surface area is 113 Å². The average Bonchev–Trinajstić information content (AvgIpc) is 3.17. The molecule has 0 amide bonds. The lowest BCUT2D eigenvalue weighted by Crippen LogP contribution is -2.60. The molecule has 4 atom stereocenters. The van der Waals surface area contributed by atoms with Crippen LogP contribution >= 0.6 is 0 Å². The van der Waals surface area contributed by atoms with Crippen molar-refractivity contribution in [3.05, 3.63) is 0 Å². The highest BCUT2D eigenvalue weighted by molar-refractivity contribution is 5.01. The molecule has 1 aliphatic carbocycles. The molecule has 3 fully saturated rings. The molecule has 0 N–H and O–H groups in total. The molecule has 2 heteroatoms. The van der Waals surface area contributed by atoms with Crippen molar-refractivity contribution in [1.82, 2.24) is 9.80 Å². The number of rotatable bonds is 4. The zero-order valence-electron chi connectivity index (χ0n) is 12.3. The van der Waals surface area contributed by atoms with E-state index in [2.05, 4.69) is 23.6 Å². The van der Waals surface area contributed by atoms with E-state index in [1.807, 2.05) is 0 Å². The minimum atomic E-state index is 0.853. The van der Waals surface area contributed by atoms with Gasteiger partial charge in [0.2, 0.25) is 0 Å². The second-order valence-electron chi connectivity index (χ2n) is 6.76. The van der Waals surface area contributed by atoms with Crippen LogP contribution in [0.25, 0.3) is 0 Å². The molecule has 0 aromatic carbocycles. The summed E-state index contributed by atoms with van der Waals surface area (Å²) in [7, 11) is 0. The van der Waals surface area contributed by atoms with Gasteiger partial charge in [0, 0.05) is 31.2 Å². The highest BCUT2D eigenvalue weighted by Gasteiger charge is 2.46. The first-order valence-corrected chi connectivity index (χ1v) is 8.33. The van der Waals surface area contributed by atoms with Crippen LogP contribution in [-0.4, -0.2) is 47.6 Å². The lowest BCUT2D eigenvalue weighted by atomic mass is 9.95. The molecule has 0 aromatic rings. The highest BCUT2D eigenvalue weighted by atomic mass is 15.3. The number of piperidine rings is 1. The monoisotopic (exact) mass is 250 g/mol. The number of piperazine rings is 1. The number of fused-ring (bicyclic) bond motifs is 1. The topological polar surface area (TPSA) is 6.48 Å². The molecule has 18 heavy (non-hydrogen) atoms. The maximum Gasteiger partial charge on any atom is 0.0224 e. The first-order valence-electron chi connectivity index (χ1n) is 8.33. The summed E-state index contributed by atoms with van der Waals surface area (Å²) in [6.45, 7) is 8.84. The third kappa shape index (κ3) is 2.46. The summed E-state index contributed by atoms with van der Waals surface area (Å²) in [5.41, 5.74) is 0. The fourth-order valence-electron chi connectivity index (χ4n) is 4.36. The predicted molar refractivity (Wildman–Crippen MR) is 76.8 cm³/mol. The molecule has 0 bridgehead atoms. The standard InChI is InChI=1S/C16H30N2/c1-3-7-13-10-16(13)18-12-15-8-5-6-9-17(15)11-14(18)4-2/h13-16H,3-12H2,1-2H3. The molecule has 0 aromatic heterocycles. The van der Waals surface area contributed by atoms with Gasteiger partial charge in [0.15, 0.2) is 0 Å². The Morgan fingerprint density at radius 3 is 2.78 bits per heavy atom. The average molecular weight is 250 g/mol. The molecule has 0 spiro atoms. The number of hydrogen-bond acceptors (Lipinski definition) is 2. The number of nitrogens with zero attached hydrogens (tertiary/aromatic N) is 2.